The maximum atomic E-state index is 14.3. The van der Waals surface area contributed by atoms with Gasteiger partial charge >= 0.3 is 11.9 Å². The van der Waals surface area contributed by atoms with Gasteiger partial charge in [0, 0.05) is 17.7 Å². The van der Waals surface area contributed by atoms with E-state index in [1.807, 2.05) is 19.9 Å². The number of carbonyl (C=O) groups excluding carboxylic acids is 2. The van der Waals surface area contributed by atoms with E-state index in [1.165, 1.54) is 32.1 Å². The van der Waals surface area contributed by atoms with Gasteiger partial charge in [-0.3, -0.25) is 4.79 Å². The first-order valence-electron chi connectivity index (χ1n) is 10.8. The molecule has 1 N–H and O–H groups in total. The summed E-state index contributed by atoms with van der Waals surface area (Å²) in [6, 6.07) is 9.86. The Morgan fingerprint density at radius 1 is 1.09 bits per heavy atom. The Morgan fingerprint density at radius 2 is 1.78 bits per heavy atom. The number of nitrogens with one attached hydrogen (secondary N) is 1. The minimum atomic E-state index is -0.501. The lowest BCUT2D eigenvalue weighted by molar-refractivity contribution is -0.139. The molecule has 1 aliphatic rings. The molecule has 6 heteroatoms. The fraction of sp³-hybridized carbons (Fsp3) is 0.385. The minimum Gasteiger partial charge on any atom is -0.469 e. The molecule has 2 aromatic carbocycles. The molecule has 0 heterocycles. The number of methoxy groups -OCH3 is 1. The molecule has 3 rings (SSSR count). The van der Waals surface area contributed by atoms with Gasteiger partial charge in [0.05, 0.1) is 25.2 Å². The van der Waals surface area contributed by atoms with Gasteiger partial charge in [0.15, 0.2) is 0 Å². The Balaban J connectivity index is 1.78. The monoisotopic (exact) mass is 437 g/mol. The molecule has 1 saturated carbocycles. The van der Waals surface area contributed by atoms with Gasteiger partial charge in [0.2, 0.25) is 0 Å². The van der Waals surface area contributed by atoms with Gasteiger partial charge < -0.3 is 14.8 Å². The molecular weight excluding hydrogens is 409 g/mol. The summed E-state index contributed by atoms with van der Waals surface area (Å²) < 4.78 is 24.2. The molecule has 0 amide bonds. The second-order valence-corrected chi connectivity index (χ2v) is 8.21. The summed E-state index contributed by atoms with van der Waals surface area (Å²) in [5.41, 5.74) is 2.81. The summed E-state index contributed by atoms with van der Waals surface area (Å²) >= 11 is 0. The largest absolute Gasteiger partial charge is 0.469 e. The van der Waals surface area contributed by atoms with Crippen LogP contribution in [0.15, 0.2) is 36.4 Å². The highest BCUT2D eigenvalue weighted by Gasteiger charge is 2.21. The first-order chi connectivity index (χ1) is 15.4. The number of hydrogen-bond donors (Lipinski definition) is 1. The Morgan fingerprint density at radius 3 is 2.41 bits per heavy atom. The van der Waals surface area contributed by atoms with E-state index in [9.17, 15) is 14.0 Å². The van der Waals surface area contributed by atoms with E-state index >= 15 is 0 Å². The molecule has 1 fully saturated rings. The van der Waals surface area contributed by atoms with Crippen molar-refractivity contribution in [3.8, 4) is 11.8 Å². The van der Waals surface area contributed by atoms with Crippen molar-refractivity contribution in [1.82, 2.24) is 5.32 Å². The third-order valence-corrected chi connectivity index (χ3v) is 5.08. The van der Waals surface area contributed by atoms with Gasteiger partial charge in [-0.2, -0.15) is 0 Å². The maximum absolute atomic E-state index is 14.3. The highest BCUT2D eigenvalue weighted by atomic mass is 19.1. The van der Waals surface area contributed by atoms with Crippen LogP contribution in [-0.4, -0.2) is 31.7 Å². The number of rotatable bonds is 8. The standard InChI is InChI=1S/C26H28FNO4/c1-17(2)32-26(30)23-11-9-18(12-22(23)16-28-15-20-6-7-20)4-5-19-8-10-21(24(27)13-19)14-25(29)31-3/h8-13,17,20,28H,6-7,14-16H2,1-3H3. The van der Waals surface area contributed by atoms with Crippen LogP contribution in [0, 0.1) is 23.6 Å². The molecule has 1 aliphatic carbocycles. The van der Waals surface area contributed by atoms with Crippen molar-refractivity contribution in [2.75, 3.05) is 13.7 Å². The number of halogens is 1. The lowest BCUT2D eigenvalue weighted by Gasteiger charge is -2.13. The van der Waals surface area contributed by atoms with E-state index in [0.29, 0.717) is 23.2 Å². The summed E-state index contributed by atoms with van der Waals surface area (Å²) in [5.74, 6) is 5.34. The third kappa shape index (κ3) is 6.93. The van der Waals surface area contributed by atoms with Crippen molar-refractivity contribution in [2.45, 2.75) is 45.8 Å². The van der Waals surface area contributed by atoms with Crippen molar-refractivity contribution < 1.29 is 23.5 Å². The topological polar surface area (TPSA) is 64.6 Å². The van der Waals surface area contributed by atoms with Crippen LogP contribution in [0.4, 0.5) is 4.39 Å². The zero-order valence-corrected chi connectivity index (χ0v) is 18.7. The minimum absolute atomic E-state index is 0.124. The van der Waals surface area contributed by atoms with E-state index in [-0.39, 0.29) is 24.1 Å². The summed E-state index contributed by atoms with van der Waals surface area (Å²) in [6.45, 7) is 5.11. The predicted molar refractivity (Wildman–Crippen MR) is 120 cm³/mol. The SMILES string of the molecule is COC(=O)Cc1ccc(C#Cc2ccc(C(=O)OC(C)C)c(CNCC3CC3)c2)cc1F. The molecule has 0 unspecified atom stereocenters. The second-order valence-electron chi connectivity index (χ2n) is 8.21. The smallest absolute Gasteiger partial charge is 0.338 e. The lowest BCUT2D eigenvalue weighted by atomic mass is 10.0. The number of carbonyl (C=O) groups is 2. The van der Waals surface area contributed by atoms with E-state index in [1.54, 1.807) is 18.2 Å². The zero-order valence-electron chi connectivity index (χ0n) is 18.7. The van der Waals surface area contributed by atoms with Crippen molar-refractivity contribution in [3.63, 3.8) is 0 Å². The van der Waals surface area contributed by atoms with Gasteiger partial charge in [0.1, 0.15) is 5.82 Å². The molecule has 0 aliphatic heterocycles. The molecular formula is C26H28FNO4. The van der Waals surface area contributed by atoms with Crippen LogP contribution in [-0.2, 0) is 27.2 Å². The summed E-state index contributed by atoms with van der Waals surface area (Å²) in [4.78, 5) is 23.8. The quantitative estimate of drug-likeness (QED) is 0.500. The molecule has 0 saturated heterocycles. The van der Waals surface area contributed by atoms with Crippen molar-refractivity contribution >= 4 is 11.9 Å². The third-order valence-electron chi connectivity index (χ3n) is 5.08. The Labute approximate surface area is 188 Å². The van der Waals surface area contributed by atoms with Gasteiger partial charge in [-0.15, -0.1) is 0 Å². The van der Waals surface area contributed by atoms with Crippen LogP contribution in [0.5, 0.6) is 0 Å². The molecule has 0 bridgehead atoms. The molecule has 0 aromatic heterocycles. The molecule has 2 aromatic rings. The zero-order chi connectivity index (χ0) is 23.1. The molecule has 0 atom stereocenters. The first-order valence-corrected chi connectivity index (χ1v) is 10.8. The van der Waals surface area contributed by atoms with Crippen molar-refractivity contribution in [1.29, 1.82) is 0 Å². The second kappa shape index (κ2) is 10.9. The van der Waals surface area contributed by atoms with E-state index in [4.69, 9.17) is 4.74 Å². The van der Waals surface area contributed by atoms with E-state index < -0.39 is 11.8 Å². The Hall–Kier alpha value is -3.17. The summed E-state index contributed by atoms with van der Waals surface area (Å²) in [6.07, 6.45) is 2.17. The van der Waals surface area contributed by atoms with Gasteiger partial charge in [0.25, 0.3) is 0 Å². The fourth-order valence-electron chi connectivity index (χ4n) is 3.17. The molecule has 0 spiro atoms. The summed E-state index contributed by atoms with van der Waals surface area (Å²) in [7, 11) is 1.27. The van der Waals surface area contributed by atoms with E-state index in [2.05, 4.69) is 21.9 Å². The van der Waals surface area contributed by atoms with Crippen molar-refractivity contribution in [2.24, 2.45) is 5.92 Å². The van der Waals surface area contributed by atoms with Crippen molar-refractivity contribution in [3.05, 3.63) is 70.0 Å². The predicted octanol–water partition coefficient (Wildman–Crippen LogP) is 4.01. The highest BCUT2D eigenvalue weighted by Crippen LogP contribution is 2.27. The van der Waals surface area contributed by atoms with Gasteiger partial charge in [-0.1, -0.05) is 17.9 Å². The van der Waals surface area contributed by atoms with Crippen LogP contribution in [0.3, 0.4) is 0 Å². The fourth-order valence-corrected chi connectivity index (χ4v) is 3.17. The summed E-state index contributed by atoms with van der Waals surface area (Å²) in [5, 5.41) is 3.40. The van der Waals surface area contributed by atoms with Crippen LogP contribution in [0.2, 0.25) is 0 Å². The molecule has 5 nitrogen and oxygen atoms in total. The number of esters is 2. The molecule has 32 heavy (non-hydrogen) atoms. The van der Waals surface area contributed by atoms with Crippen LogP contribution in [0.25, 0.3) is 0 Å². The Kier molecular flexibility index (Phi) is 8.02. The van der Waals surface area contributed by atoms with Crippen LogP contribution in [0.1, 0.15) is 59.3 Å². The average molecular weight is 438 g/mol. The Bertz CT molecular complexity index is 1050. The van der Waals surface area contributed by atoms with E-state index in [0.717, 1.165) is 18.0 Å². The molecule has 168 valence electrons. The van der Waals surface area contributed by atoms with Gasteiger partial charge in [-0.05, 0) is 80.6 Å². The molecule has 0 radical (unpaired) electrons. The normalized spacial score (nSPS) is 12.8. The average Bonchev–Trinajstić information content (AvgIpc) is 3.58. The number of benzene rings is 2. The lowest BCUT2D eigenvalue weighted by Crippen LogP contribution is -2.20. The van der Waals surface area contributed by atoms with Crippen LogP contribution < -0.4 is 5.32 Å². The first kappa shape index (κ1) is 23.5. The van der Waals surface area contributed by atoms with Crippen LogP contribution >= 0.6 is 0 Å². The number of hydrogen-bond acceptors (Lipinski definition) is 5. The highest BCUT2D eigenvalue weighted by molar-refractivity contribution is 5.91. The van der Waals surface area contributed by atoms with Gasteiger partial charge in [-0.25, -0.2) is 9.18 Å². The maximum Gasteiger partial charge on any atom is 0.338 e. The number of ether oxygens (including phenoxy) is 2.